The summed E-state index contributed by atoms with van der Waals surface area (Å²) in [6.45, 7) is 1.61. The standard InChI is InChI=1S/C15H14FN3O4/c1-8(17-13(20)15(5-6-15)14(21)22)12-18-11(19-23-12)9-3-2-4-10(16)7-9/h2-4,7-8H,5-6H2,1H3,(H,17,20)(H,21,22)/t8-/m1/s1. The largest absolute Gasteiger partial charge is 0.480 e. The molecule has 0 aliphatic heterocycles. The van der Waals surface area contributed by atoms with Crippen LogP contribution >= 0.6 is 0 Å². The first-order chi connectivity index (χ1) is 10.9. The summed E-state index contributed by atoms with van der Waals surface area (Å²) >= 11 is 0. The van der Waals surface area contributed by atoms with Gasteiger partial charge in [-0.1, -0.05) is 17.3 Å². The number of hydrogen-bond acceptors (Lipinski definition) is 5. The summed E-state index contributed by atoms with van der Waals surface area (Å²) in [5, 5.41) is 15.4. The van der Waals surface area contributed by atoms with Crippen molar-refractivity contribution in [3.63, 3.8) is 0 Å². The van der Waals surface area contributed by atoms with E-state index in [1.165, 1.54) is 18.2 Å². The number of rotatable bonds is 5. The molecule has 1 aliphatic carbocycles. The second-order valence-corrected chi connectivity index (χ2v) is 5.55. The highest BCUT2D eigenvalue weighted by Gasteiger charge is 2.57. The lowest BCUT2D eigenvalue weighted by Crippen LogP contribution is -2.38. The molecular formula is C15H14FN3O4. The molecule has 0 radical (unpaired) electrons. The molecule has 0 unspecified atom stereocenters. The van der Waals surface area contributed by atoms with Gasteiger partial charge in [0.1, 0.15) is 17.3 Å². The molecule has 2 N–H and O–H groups in total. The Morgan fingerprint density at radius 2 is 2.17 bits per heavy atom. The van der Waals surface area contributed by atoms with Gasteiger partial charge in [-0.15, -0.1) is 0 Å². The van der Waals surface area contributed by atoms with E-state index in [0.29, 0.717) is 18.4 Å². The van der Waals surface area contributed by atoms with Crippen LogP contribution in [-0.2, 0) is 9.59 Å². The third kappa shape index (κ3) is 2.79. The van der Waals surface area contributed by atoms with E-state index in [2.05, 4.69) is 15.5 Å². The van der Waals surface area contributed by atoms with Crippen molar-refractivity contribution >= 4 is 11.9 Å². The Kier molecular flexibility index (Phi) is 3.59. The molecule has 1 heterocycles. The molecule has 23 heavy (non-hydrogen) atoms. The van der Waals surface area contributed by atoms with E-state index in [9.17, 15) is 14.0 Å². The van der Waals surface area contributed by atoms with Gasteiger partial charge in [0.25, 0.3) is 0 Å². The van der Waals surface area contributed by atoms with Gasteiger partial charge in [-0.05, 0) is 31.9 Å². The molecule has 1 aromatic heterocycles. The molecule has 1 atom stereocenters. The van der Waals surface area contributed by atoms with Gasteiger partial charge < -0.3 is 14.9 Å². The van der Waals surface area contributed by atoms with E-state index in [4.69, 9.17) is 9.63 Å². The molecule has 0 spiro atoms. The number of carbonyl (C=O) groups excluding carboxylic acids is 1. The van der Waals surface area contributed by atoms with Crippen LogP contribution in [0.25, 0.3) is 11.4 Å². The van der Waals surface area contributed by atoms with Crippen molar-refractivity contribution in [3.05, 3.63) is 36.0 Å². The summed E-state index contributed by atoms with van der Waals surface area (Å²) in [6, 6.07) is 5.07. The topological polar surface area (TPSA) is 105 Å². The molecule has 3 rings (SSSR count). The zero-order valence-corrected chi connectivity index (χ0v) is 12.2. The minimum atomic E-state index is -1.33. The number of carboxylic acids is 1. The monoisotopic (exact) mass is 319 g/mol. The van der Waals surface area contributed by atoms with E-state index in [1.54, 1.807) is 13.0 Å². The first-order valence-corrected chi connectivity index (χ1v) is 7.06. The smallest absolute Gasteiger partial charge is 0.319 e. The Bertz CT molecular complexity index is 770. The Balaban J connectivity index is 1.73. The third-order valence-electron chi connectivity index (χ3n) is 3.84. The van der Waals surface area contributed by atoms with Crippen molar-refractivity contribution in [1.29, 1.82) is 0 Å². The van der Waals surface area contributed by atoms with E-state index in [1.807, 2.05) is 0 Å². The number of nitrogens with one attached hydrogen (secondary N) is 1. The first-order valence-electron chi connectivity index (χ1n) is 7.06. The second-order valence-electron chi connectivity index (χ2n) is 5.55. The van der Waals surface area contributed by atoms with Crippen molar-refractivity contribution in [2.45, 2.75) is 25.8 Å². The molecule has 0 saturated heterocycles. The quantitative estimate of drug-likeness (QED) is 0.816. The molecule has 2 aromatic rings. The summed E-state index contributed by atoms with van der Waals surface area (Å²) < 4.78 is 18.3. The molecule has 0 bridgehead atoms. The van der Waals surface area contributed by atoms with Gasteiger partial charge in [-0.2, -0.15) is 4.98 Å². The third-order valence-corrected chi connectivity index (χ3v) is 3.84. The summed E-state index contributed by atoms with van der Waals surface area (Å²) in [5.74, 6) is -1.80. The van der Waals surface area contributed by atoms with Gasteiger partial charge in [-0.25, -0.2) is 4.39 Å². The fraction of sp³-hybridized carbons (Fsp3) is 0.333. The number of aliphatic carboxylic acids is 1. The normalized spacial score (nSPS) is 16.6. The highest BCUT2D eigenvalue weighted by molar-refractivity contribution is 6.04. The number of carbonyl (C=O) groups is 2. The van der Waals surface area contributed by atoms with Crippen LogP contribution in [0.3, 0.4) is 0 Å². The average molecular weight is 319 g/mol. The minimum Gasteiger partial charge on any atom is -0.480 e. The van der Waals surface area contributed by atoms with Crippen molar-refractivity contribution in [1.82, 2.24) is 15.5 Å². The zero-order chi connectivity index (χ0) is 16.6. The Morgan fingerprint density at radius 3 is 2.78 bits per heavy atom. The predicted octanol–water partition coefficient (Wildman–Crippen LogP) is 1.92. The maximum absolute atomic E-state index is 13.2. The van der Waals surface area contributed by atoms with Crippen LogP contribution in [-0.4, -0.2) is 27.1 Å². The maximum Gasteiger partial charge on any atom is 0.319 e. The molecule has 8 heteroatoms. The number of nitrogens with zero attached hydrogens (tertiary/aromatic N) is 2. The summed E-state index contributed by atoms with van der Waals surface area (Å²) in [7, 11) is 0. The van der Waals surface area contributed by atoms with Gasteiger partial charge in [-0.3, -0.25) is 9.59 Å². The molecule has 1 fully saturated rings. The SMILES string of the molecule is C[C@@H](NC(=O)C1(C(=O)O)CC1)c1nc(-c2cccc(F)c2)no1. The summed E-state index contributed by atoms with van der Waals surface area (Å²) in [4.78, 5) is 27.3. The lowest BCUT2D eigenvalue weighted by Gasteiger charge is -2.13. The average Bonchev–Trinajstić information content (AvgIpc) is 3.18. The Morgan fingerprint density at radius 1 is 1.43 bits per heavy atom. The summed E-state index contributed by atoms with van der Waals surface area (Å²) in [5.41, 5.74) is -0.887. The van der Waals surface area contributed by atoms with Crippen molar-refractivity contribution in [2.24, 2.45) is 5.41 Å². The second kappa shape index (κ2) is 5.45. The van der Waals surface area contributed by atoms with E-state index in [0.717, 1.165) is 0 Å². The van der Waals surface area contributed by atoms with Crippen LogP contribution in [0.5, 0.6) is 0 Å². The number of hydrogen-bond donors (Lipinski definition) is 2. The molecule has 1 saturated carbocycles. The Labute approximate surface area is 130 Å². The molecule has 120 valence electrons. The fourth-order valence-electron chi connectivity index (χ4n) is 2.22. The van der Waals surface area contributed by atoms with E-state index < -0.39 is 29.2 Å². The van der Waals surface area contributed by atoms with Crippen molar-refractivity contribution in [3.8, 4) is 11.4 Å². The van der Waals surface area contributed by atoms with E-state index >= 15 is 0 Å². The number of benzene rings is 1. The summed E-state index contributed by atoms with van der Waals surface area (Å²) in [6.07, 6.45) is 0.637. The van der Waals surface area contributed by atoms with Crippen LogP contribution in [0, 0.1) is 11.2 Å². The van der Waals surface area contributed by atoms with Crippen LogP contribution in [0.4, 0.5) is 4.39 Å². The van der Waals surface area contributed by atoms with Crippen molar-refractivity contribution < 1.29 is 23.6 Å². The molecule has 1 aliphatic rings. The number of aromatic nitrogens is 2. The van der Waals surface area contributed by atoms with Gasteiger partial charge in [0, 0.05) is 5.56 Å². The van der Waals surface area contributed by atoms with E-state index in [-0.39, 0.29) is 11.7 Å². The molecule has 7 nitrogen and oxygen atoms in total. The fourth-order valence-corrected chi connectivity index (χ4v) is 2.22. The van der Waals surface area contributed by atoms with Crippen LogP contribution in [0.1, 0.15) is 31.7 Å². The molecule has 1 aromatic carbocycles. The van der Waals surface area contributed by atoms with Crippen LogP contribution < -0.4 is 5.32 Å². The number of amides is 1. The number of carboxylic acid groups (broad SMARTS) is 1. The van der Waals surface area contributed by atoms with Gasteiger partial charge in [0.15, 0.2) is 0 Å². The van der Waals surface area contributed by atoms with Gasteiger partial charge >= 0.3 is 5.97 Å². The maximum atomic E-state index is 13.2. The minimum absolute atomic E-state index is 0.124. The lowest BCUT2D eigenvalue weighted by molar-refractivity contribution is -0.149. The molecule has 1 amide bonds. The van der Waals surface area contributed by atoms with Crippen molar-refractivity contribution in [2.75, 3.05) is 0 Å². The first kappa shape index (κ1) is 15.1. The molecular weight excluding hydrogens is 305 g/mol. The Hall–Kier alpha value is -2.77. The van der Waals surface area contributed by atoms with Crippen LogP contribution in [0.15, 0.2) is 28.8 Å². The highest BCUT2D eigenvalue weighted by Crippen LogP contribution is 2.46. The predicted molar refractivity (Wildman–Crippen MR) is 75.6 cm³/mol. The lowest BCUT2D eigenvalue weighted by atomic mass is 10.1. The van der Waals surface area contributed by atoms with Gasteiger partial charge in [0.2, 0.25) is 17.6 Å². The zero-order valence-electron chi connectivity index (χ0n) is 12.2. The van der Waals surface area contributed by atoms with Crippen LogP contribution in [0.2, 0.25) is 0 Å². The highest BCUT2D eigenvalue weighted by atomic mass is 19.1. The van der Waals surface area contributed by atoms with Gasteiger partial charge in [0.05, 0.1) is 0 Å². The number of halogens is 1.